The molecule has 0 atom stereocenters. The number of hydrogen-bond acceptors (Lipinski definition) is 5. The highest BCUT2D eigenvalue weighted by Gasteiger charge is 2.37. The maximum absolute atomic E-state index is 13.0. The zero-order valence-electron chi connectivity index (χ0n) is 19.6. The van der Waals surface area contributed by atoms with Crippen LogP contribution in [0.4, 0.5) is 18.9 Å². The predicted molar refractivity (Wildman–Crippen MR) is 123 cm³/mol. The Kier molecular flexibility index (Phi) is 7.32. The van der Waals surface area contributed by atoms with Gasteiger partial charge in [-0.2, -0.15) is 23.4 Å². The lowest BCUT2D eigenvalue weighted by atomic mass is 10.2. The molecule has 0 saturated heterocycles. The monoisotopic (exact) mass is 491 g/mol. The van der Waals surface area contributed by atoms with E-state index in [0.29, 0.717) is 42.6 Å². The lowest BCUT2D eigenvalue weighted by Crippen LogP contribution is -2.16. The van der Waals surface area contributed by atoms with Crippen LogP contribution in [-0.4, -0.2) is 38.7 Å². The molecule has 1 saturated carbocycles. The van der Waals surface area contributed by atoms with Gasteiger partial charge in [0.25, 0.3) is 0 Å². The third kappa shape index (κ3) is 6.34. The van der Waals surface area contributed by atoms with Gasteiger partial charge in [0.15, 0.2) is 17.2 Å². The third-order valence-electron chi connectivity index (χ3n) is 5.52. The van der Waals surface area contributed by atoms with E-state index in [4.69, 9.17) is 9.47 Å². The molecule has 1 aromatic carbocycles. The van der Waals surface area contributed by atoms with E-state index in [1.807, 2.05) is 32.0 Å². The summed E-state index contributed by atoms with van der Waals surface area (Å²) in [5, 5.41) is 10.7. The van der Waals surface area contributed by atoms with Crippen LogP contribution in [0.1, 0.15) is 56.0 Å². The molecular formula is C24H28F3N5O3. The van der Waals surface area contributed by atoms with Crippen LogP contribution in [0.5, 0.6) is 11.5 Å². The Morgan fingerprint density at radius 3 is 2.57 bits per heavy atom. The van der Waals surface area contributed by atoms with E-state index in [0.717, 1.165) is 24.5 Å². The molecule has 1 aliphatic carbocycles. The zero-order chi connectivity index (χ0) is 25.0. The minimum absolute atomic E-state index is 0.000481. The lowest BCUT2D eigenvalue weighted by Gasteiger charge is -2.12. The van der Waals surface area contributed by atoms with Crippen molar-refractivity contribution in [3.63, 3.8) is 0 Å². The van der Waals surface area contributed by atoms with Gasteiger partial charge in [-0.1, -0.05) is 6.07 Å². The summed E-state index contributed by atoms with van der Waals surface area (Å²) in [6, 6.07) is 6.76. The second-order valence-electron chi connectivity index (χ2n) is 8.32. The van der Waals surface area contributed by atoms with Crippen molar-refractivity contribution in [2.75, 3.05) is 18.5 Å². The Hall–Kier alpha value is -3.50. The molecule has 0 unspecified atom stereocenters. The molecule has 1 fully saturated rings. The standard InChI is InChI=1S/C24H28F3N5O3/c1-3-34-20-8-5-16(11-21(20)35-4-2)14-31-15-18(13-28-31)29-23(33)9-10-32-19(17-6-7-17)12-22(30-32)24(25,26)27/h5,8,11-13,15,17H,3-4,6-7,9-10,14H2,1-2H3,(H,29,33). The first-order chi connectivity index (χ1) is 16.8. The van der Waals surface area contributed by atoms with Crippen molar-refractivity contribution >= 4 is 11.6 Å². The fourth-order valence-electron chi connectivity index (χ4n) is 3.78. The number of benzene rings is 1. The number of amides is 1. The summed E-state index contributed by atoms with van der Waals surface area (Å²) in [5.74, 6) is 1.10. The molecule has 1 amide bonds. The number of aryl methyl sites for hydroxylation is 1. The van der Waals surface area contributed by atoms with Crippen molar-refractivity contribution in [3.8, 4) is 11.5 Å². The predicted octanol–water partition coefficient (Wildman–Crippen LogP) is 4.85. The van der Waals surface area contributed by atoms with Crippen LogP contribution >= 0.6 is 0 Å². The summed E-state index contributed by atoms with van der Waals surface area (Å²) in [4.78, 5) is 12.4. The van der Waals surface area contributed by atoms with Gasteiger partial charge in [-0.15, -0.1) is 0 Å². The third-order valence-corrected chi connectivity index (χ3v) is 5.52. The number of carbonyl (C=O) groups is 1. The van der Waals surface area contributed by atoms with Crippen molar-refractivity contribution in [2.45, 2.75) is 58.3 Å². The van der Waals surface area contributed by atoms with Gasteiger partial charge in [0, 0.05) is 30.8 Å². The maximum atomic E-state index is 13.0. The average Bonchev–Trinajstić information content (AvgIpc) is 3.40. The number of hydrogen-bond donors (Lipinski definition) is 1. The van der Waals surface area contributed by atoms with Crippen LogP contribution in [0, 0.1) is 0 Å². The molecule has 0 radical (unpaired) electrons. The number of anilines is 1. The quantitative estimate of drug-likeness (QED) is 0.415. The summed E-state index contributed by atoms with van der Waals surface area (Å²) >= 11 is 0. The summed E-state index contributed by atoms with van der Waals surface area (Å²) in [5.41, 5.74) is 1.08. The van der Waals surface area contributed by atoms with Gasteiger partial charge in [0.2, 0.25) is 5.91 Å². The molecule has 3 aromatic rings. The van der Waals surface area contributed by atoms with Gasteiger partial charge in [-0.25, -0.2) is 0 Å². The molecule has 1 aliphatic rings. The number of ether oxygens (including phenoxy) is 2. The number of rotatable bonds is 11. The summed E-state index contributed by atoms with van der Waals surface area (Å²) in [6.45, 7) is 5.39. The Labute approximate surface area is 201 Å². The van der Waals surface area contributed by atoms with Crippen LogP contribution in [0.3, 0.4) is 0 Å². The van der Waals surface area contributed by atoms with Crippen LogP contribution in [-0.2, 0) is 24.1 Å². The SMILES string of the molecule is CCOc1ccc(Cn2cc(NC(=O)CCn3nc(C(F)(F)F)cc3C3CC3)cn2)cc1OCC. The number of aromatic nitrogens is 4. The van der Waals surface area contributed by atoms with E-state index in [2.05, 4.69) is 15.5 Å². The smallest absolute Gasteiger partial charge is 0.435 e. The zero-order valence-corrected chi connectivity index (χ0v) is 19.6. The van der Waals surface area contributed by atoms with Crippen LogP contribution in [0.25, 0.3) is 0 Å². The normalized spacial score (nSPS) is 13.6. The van der Waals surface area contributed by atoms with Crippen LogP contribution < -0.4 is 14.8 Å². The topological polar surface area (TPSA) is 83.2 Å². The highest BCUT2D eigenvalue weighted by molar-refractivity contribution is 5.90. The number of alkyl halides is 3. The molecule has 188 valence electrons. The Morgan fingerprint density at radius 2 is 1.89 bits per heavy atom. The highest BCUT2D eigenvalue weighted by atomic mass is 19.4. The number of halogens is 3. The van der Waals surface area contributed by atoms with Crippen LogP contribution in [0.2, 0.25) is 0 Å². The molecule has 0 spiro atoms. The summed E-state index contributed by atoms with van der Waals surface area (Å²) in [7, 11) is 0. The van der Waals surface area contributed by atoms with Crippen LogP contribution in [0.15, 0.2) is 36.7 Å². The van der Waals surface area contributed by atoms with Crippen molar-refractivity contribution in [2.24, 2.45) is 0 Å². The van der Waals surface area contributed by atoms with E-state index in [1.54, 1.807) is 10.9 Å². The molecule has 0 bridgehead atoms. The highest BCUT2D eigenvalue weighted by Crippen LogP contribution is 2.42. The van der Waals surface area contributed by atoms with Crippen molar-refractivity contribution < 1.29 is 27.4 Å². The first-order valence-corrected chi connectivity index (χ1v) is 11.6. The molecule has 2 heterocycles. The van der Waals surface area contributed by atoms with Gasteiger partial charge < -0.3 is 14.8 Å². The van der Waals surface area contributed by atoms with Crippen molar-refractivity contribution in [1.29, 1.82) is 0 Å². The van der Waals surface area contributed by atoms with E-state index >= 15 is 0 Å². The van der Waals surface area contributed by atoms with E-state index in [1.165, 1.54) is 10.9 Å². The van der Waals surface area contributed by atoms with Gasteiger partial charge in [0.05, 0.1) is 31.6 Å². The molecule has 1 N–H and O–H groups in total. The average molecular weight is 492 g/mol. The van der Waals surface area contributed by atoms with Gasteiger partial charge in [-0.3, -0.25) is 14.2 Å². The fraction of sp³-hybridized carbons (Fsp3) is 0.458. The summed E-state index contributed by atoms with van der Waals surface area (Å²) < 4.78 is 53.4. The molecule has 8 nitrogen and oxygen atoms in total. The first kappa shape index (κ1) is 24.6. The number of carbonyl (C=O) groups excluding carboxylic acids is 1. The minimum Gasteiger partial charge on any atom is -0.490 e. The first-order valence-electron chi connectivity index (χ1n) is 11.6. The van der Waals surface area contributed by atoms with Crippen molar-refractivity contribution in [3.05, 3.63) is 53.6 Å². The molecule has 4 rings (SSSR count). The van der Waals surface area contributed by atoms with Gasteiger partial charge >= 0.3 is 6.18 Å². The molecule has 2 aromatic heterocycles. The lowest BCUT2D eigenvalue weighted by molar-refractivity contribution is -0.141. The van der Waals surface area contributed by atoms with Gasteiger partial charge in [-0.05, 0) is 50.5 Å². The Bertz CT molecular complexity index is 1170. The largest absolute Gasteiger partial charge is 0.490 e. The molecule has 0 aliphatic heterocycles. The number of nitrogens with zero attached hydrogens (tertiary/aromatic N) is 4. The maximum Gasteiger partial charge on any atom is 0.435 e. The Morgan fingerprint density at radius 1 is 1.14 bits per heavy atom. The molecular weight excluding hydrogens is 463 g/mol. The van der Waals surface area contributed by atoms with Crippen molar-refractivity contribution in [1.82, 2.24) is 19.6 Å². The van der Waals surface area contributed by atoms with E-state index in [-0.39, 0.29) is 24.8 Å². The molecule has 11 heteroatoms. The van der Waals surface area contributed by atoms with Gasteiger partial charge in [0.1, 0.15) is 0 Å². The molecule has 35 heavy (non-hydrogen) atoms. The fourth-order valence-corrected chi connectivity index (χ4v) is 3.78. The second kappa shape index (κ2) is 10.4. The minimum atomic E-state index is -4.50. The summed E-state index contributed by atoms with van der Waals surface area (Å²) in [6.07, 6.45) is 0.407. The van der Waals surface area contributed by atoms with E-state index in [9.17, 15) is 18.0 Å². The Balaban J connectivity index is 1.34. The second-order valence-corrected chi connectivity index (χ2v) is 8.32. The van der Waals surface area contributed by atoms with E-state index < -0.39 is 11.9 Å². The number of nitrogens with one attached hydrogen (secondary N) is 1.